The standard InChI is InChI=1S/C24H45N5O3S/c30-24(22-9-7-18-29(21-22)33(31,32)28-16-5-2-6-17-28)25-12-8-13-26-19-10-23(11-20-26)27-14-3-1-4-15-27/h22-23H,1-21H2,(H,25,30)/t22-/m1/s1. The number of carbonyl (C=O) groups excluding carboxylic acids is 1. The molecule has 0 saturated carbocycles. The van der Waals surface area contributed by atoms with Crippen LogP contribution in [-0.2, 0) is 15.0 Å². The third-order valence-electron chi connectivity index (χ3n) is 8.14. The highest BCUT2D eigenvalue weighted by molar-refractivity contribution is 7.86. The maximum Gasteiger partial charge on any atom is 0.281 e. The van der Waals surface area contributed by atoms with Gasteiger partial charge in [-0.1, -0.05) is 12.8 Å². The first kappa shape index (κ1) is 25.4. The summed E-state index contributed by atoms with van der Waals surface area (Å²) in [6.07, 6.45) is 12.2. The summed E-state index contributed by atoms with van der Waals surface area (Å²) in [7, 11) is -3.43. The molecular formula is C24H45N5O3S. The van der Waals surface area contributed by atoms with Crippen LogP contribution >= 0.6 is 0 Å². The van der Waals surface area contributed by atoms with Gasteiger partial charge in [-0.15, -0.1) is 0 Å². The van der Waals surface area contributed by atoms with Crippen LogP contribution in [0.2, 0.25) is 0 Å². The van der Waals surface area contributed by atoms with Crippen molar-refractivity contribution in [3.05, 3.63) is 0 Å². The first-order chi connectivity index (χ1) is 16.0. The molecule has 0 spiro atoms. The predicted molar refractivity (Wildman–Crippen MR) is 131 cm³/mol. The van der Waals surface area contributed by atoms with E-state index in [0.29, 0.717) is 32.7 Å². The highest BCUT2D eigenvalue weighted by atomic mass is 32.2. The van der Waals surface area contributed by atoms with Gasteiger partial charge in [0.2, 0.25) is 5.91 Å². The van der Waals surface area contributed by atoms with Crippen LogP contribution in [0.25, 0.3) is 0 Å². The Morgan fingerprint density at radius 3 is 2.09 bits per heavy atom. The number of nitrogens with zero attached hydrogens (tertiary/aromatic N) is 4. The van der Waals surface area contributed by atoms with Crippen LogP contribution in [0, 0.1) is 5.92 Å². The van der Waals surface area contributed by atoms with E-state index in [-0.39, 0.29) is 11.8 Å². The van der Waals surface area contributed by atoms with Gasteiger partial charge < -0.3 is 15.1 Å². The van der Waals surface area contributed by atoms with E-state index in [2.05, 4.69) is 15.1 Å². The minimum Gasteiger partial charge on any atom is -0.356 e. The molecule has 1 atom stereocenters. The fraction of sp³-hybridized carbons (Fsp3) is 0.958. The van der Waals surface area contributed by atoms with Gasteiger partial charge in [-0.2, -0.15) is 17.0 Å². The maximum atomic E-state index is 13.0. The van der Waals surface area contributed by atoms with Crippen LogP contribution < -0.4 is 5.32 Å². The number of piperidine rings is 4. The average molecular weight is 484 g/mol. The SMILES string of the molecule is O=C(NCCCN1CCC(N2CCCCC2)CC1)[C@@H]1CCCN(S(=O)(=O)N2CCCCC2)C1. The number of likely N-dealkylation sites (tertiary alicyclic amines) is 2. The number of nitrogens with one attached hydrogen (secondary N) is 1. The van der Waals surface area contributed by atoms with Crippen LogP contribution in [0.5, 0.6) is 0 Å². The number of rotatable bonds is 8. The second kappa shape index (κ2) is 12.3. The predicted octanol–water partition coefficient (Wildman–Crippen LogP) is 1.89. The van der Waals surface area contributed by atoms with Gasteiger partial charge in [-0.3, -0.25) is 4.79 Å². The van der Waals surface area contributed by atoms with Gasteiger partial charge in [0.15, 0.2) is 0 Å². The lowest BCUT2D eigenvalue weighted by Crippen LogP contribution is -2.51. The second-order valence-corrected chi connectivity index (χ2v) is 12.4. The van der Waals surface area contributed by atoms with Gasteiger partial charge in [0.25, 0.3) is 10.2 Å². The quantitative estimate of drug-likeness (QED) is 0.534. The summed E-state index contributed by atoms with van der Waals surface area (Å²) in [5.74, 6) is -0.198. The fourth-order valence-corrected chi connectivity index (χ4v) is 7.85. The molecule has 4 rings (SSSR count). The molecule has 0 unspecified atom stereocenters. The molecule has 4 aliphatic heterocycles. The molecule has 1 N–H and O–H groups in total. The van der Waals surface area contributed by atoms with Crippen molar-refractivity contribution >= 4 is 16.1 Å². The Morgan fingerprint density at radius 2 is 1.39 bits per heavy atom. The zero-order valence-corrected chi connectivity index (χ0v) is 21.2. The third-order valence-corrected chi connectivity index (χ3v) is 10.1. The van der Waals surface area contributed by atoms with Crippen molar-refractivity contribution in [3.8, 4) is 0 Å². The van der Waals surface area contributed by atoms with Crippen molar-refractivity contribution in [3.63, 3.8) is 0 Å². The van der Waals surface area contributed by atoms with E-state index in [4.69, 9.17) is 0 Å². The summed E-state index contributed by atoms with van der Waals surface area (Å²) >= 11 is 0. The molecule has 0 aromatic carbocycles. The van der Waals surface area contributed by atoms with E-state index in [0.717, 1.165) is 51.1 Å². The smallest absolute Gasteiger partial charge is 0.281 e. The molecule has 4 heterocycles. The Kier molecular flexibility index (Phi) is 9.44. The van der Waals surface area contributed by atoms with Crippen LogP contribution in [-0.4, -0.2) is 104 Å². The van der Waals surface area contributed by atoms with Crippen molar-refractivity contribution in [2.24, 2.45) is 5.92 Å². The summed E-state index contributed by atoms with van der Waals surface area (Å²) in [6, 6.07) is 0.775. The molecule has 4 aliphatic rings. The van der Waals surface area contributed by atoms with E-state index >= 15 is 0 Å². The van der Waals surface area contributed by atoms with Crippen molar-refractivity contribution < 1.29 is 13.2 Å². The van der Waals surface area contributed by atoms with Crippen LogP contribution in [0.1, 0.15) is 70.6 Å². The average Bonchev–Trinajstić information content (AvgIpc) is 2.88. The maximum absolute atomic E-state index is 13.0. The summed E-state index contributed by atoms with van der Waals surface area (Å²) < 4.78 is 29.1. The van der Waals surface area contributed by atoms with E-state index in [1.165, 1.54) is 58.3 Å². The summed E-state index contributed by atoms with van der Waals surface area (Å²) in [6.45, 7) is 8.72. The van der Waals surface area contributed by atoms with Gasteiger partial charge in [0.1, 0.15) is 0 Å². The molecule has 190 valence electrons. The molecule has 4 fully saturated rings. The lowest BCUT2D eigenvalue weighted by Gasteiger charge is -2.40. The van der Waals surface area contributed by atoms with Crippen LogP contribution in [0.15, 0.2) is 0 Å². The van der Waals surface area contributed by atoms with Gasteiger partial charge in [-0.25, -0.2) is 0 Å². The van der Waals surface area contributed by atoms with E-state index in [1.807, 2.05) is 0 Å². The first-order valence-electron chi connectivity index (χ1n) is 13.5. The highest BCUT2D eigenvalue weighted by Crippen LogP contribution is 2.24. The number of amides is 1. The Morgan fingerprint density at radius 1 is 0.758 bits per heavy atom. The Hall–Kier alpha value is -0.740. The molecule has 8 nitrogen and oxygen atoms in total. The monoisotopic (exact) mass is 483 g/mol. The number of carbonyl (C=O) groups is 1. The highest BCUT2D eigenvalue weighted by Gasteiger charge is 2.36. The molecule has 0 aromatic heterocycles. The first-order valence-corrected chi connectivity index (χ1v) is 14.9. The molecule has 0 aliphatic carbocycles. The Labute approximate surface area is 201 Å². The Bertz CT molecular complexity index is 714. The topological polar surface area (TPSA) is 76.2 Å². The van der Waals surface area contributed by atoms with Crippen molar-refractivity contribution in [2.75, 3.05) is 65.4 Å². The normalized spacial score (nSPS) is 28.1. The van der Waals surface area contributed by atoms with Gasteiger partial charge in [-0.05, 0) is 90.5 Å². The Balaban J connectivity index is 1.13. The van der Waals surface area contributed by atoms with Gasteiger partial charge >= 0.3 is 0 Å². The molecule has 0 aromatic rings. The summed E-state index contributed by atoms with van der Waals surface area (Å²) in [5.41, 5.74) is 0. The van der Waals surface area contributed by atoms with Crippen molar-refractivity contribution in [1.29, 1.82) is 0 Å². The van der Waals surface area contributed by atoms with Crippen LogP contribution in [0.3, 0.4) is 0 Å². The van der Waals surface area contributed by atoms with E-state index in [9.17, 15) is 13.2 Å². The largest absolute Gasteiger partial charge is 0.356 e. The van der Waals surface area contributed by atoms with Gasteiger partial charge in [0, 0.05) is 38.8 Å². The van der Waals surface area contributed by atoms with Crippen molar-refractivity contribution in [2.45, 2.75) is 76.7 Å². The van der Waals surface area contributed by atoms with E-state index < -0.39 is 10.2 Å². The molecule has 1 amide bonds. The lowest BCUT2D eigenvalue weighted by atomic mass is 9.99. The third kappa shape index (κ3) is 6.90. The molecular weight excluding hydrogens is 438 g/mol. The van der Waals surface area contributed by atoms with E-state index in [1.54, 1.807) is 8.61 Å². The second-order valence-electron chi connectivity index (χ2n) is 10.5. The van der Waals surface area contributed by atoms with Gasteiger partial charge in [0.05, 0.1) is 5.92 Å². The molecule has 9 heteroatoms. The van der Waals surface area contributed by atoms with Crippen molar-refractivity contribution in [1.82, 2.24) is 23.7 Å². The summed E-state index contributed by atoms with van der Waals surface area (Å²) in [4.78, 5) is 18.0. The molecule has 0 bridgehead atoms. The molecule has 0 radical (unpaired) electrons. The zero-order valence-electron chi connectivity index (χ0n) is 20.4. The fourth-order valence-electron chi connectivity index (χ4n) is 6.08. The molecule has 4 saturated heterocycles. The minimum absolute atomic E-state index is 0.0253. The summed E-state index contributed by atoms with van der Waals surface area (Å²) in [5, 5.41) is 3.10. The lowest BCUT2D eigenvalue weighted by molar-refractivity contribution is -0.126. The number of hydrogen-bond donors (Lipinski definition) is 1. The van der Waals surface area contributed by atoms with Crippen LogP contribution in [0.4, 0.5) is 0 Å². The molecule has 33 heavy (non-hydrogen) atoms. The number of hydrogen-bond acceptors (Lipinski definition) is 5. The minimum atomic E-state index is -3.43. The zero-order chi connectivity index (χ0) is 23.1.